The van der Waals surface area contributed by atoms with Gasteiger partial charge in [-0.2, -0.15) is 13.2 Å². The van der Waals surface area contributed by atoms with Crippen molar-refractivity contribution >= 4 is 40.2 Å². The summed E-state index contributed by atoms with van der Waals surface area (Å²) in [6.45, 7) is 5.28. The van der Waals surface area contributed by atoms with Crippen LogP contribution in [-0.4, -0.2) is 55.9 Å². The molecule has 1 aliphatic heterocycles. The molecular formula is C25H24F4N8O. The monoisotopic (exact) mass is 528 g/mol. The summed E-state index contributed by atoms with van der Waals surface area (Å²) < 4.78 is 52.6. The van der Waals surface area contributed by atoms with Gasteiger partial charge in [0.25, 0.3) is 5.91 Å². The molecule has 4 aromatic rings. The minimum atomic E-state index is -4.82. The van der Waals surface area contributed by atoms with Crippen molar-refractivity contribution in [3.8, 4) is 0 Å². The molecule has 0 saturated carbocycles. The maximum absolute atomic E-state index is 13.6. The topological polar surface area (TPSA) is 111 Å². The van der Waals surface area contributed by atoms with Gasteiger partial charge in [-0.25, -0.2) is 19.3 Å². The highest BCUT2D eigenvalue weighted by Crippen LogP contribution is 2.33. The van der Waals surface area contributed by atoms with Crippen LogP contribution >= 0.6 is 0 Å². The average molecular weight is 529 g/mol. The van der Waals surface area contributed by atoms with E-state index in [1.165, 1.54) is 24.5 Å². The number of hydrogen-bond donors (Lipinski definition) is 4. The van der Waals surface area contributed by atoms with E-state index in [1.54, 1.807) is 12.1 Å². The highest BCUT2D eigenvalue weighted by molar-refractivity contribution is 5.95. The van der Waals surface area contributed by atoms with Gasteiger partial charge in [-0.05, 0) is 44.2 Å². The number of benzene rings is 1. The Hall–Kier alpha value is -4.26. The number of fused-ring (bicyclic) bond motifs is 1. The molecule has 0 aliphatic carbocycles. The van der Waals surface area contributed by atoms with Gasteiger partial charge in [0.05, 0.1) is 22.8 Å². The van der Waals surface area contributed by atoms with Crippen molar-refractivity contribution in [2.24, 2.45) is 0 Å². The zero-order valence-corrected chi connectivity index (χ0v) is 20.4. The fourth-order valence-electron chi connectivity index (χ4n) is 4.43. The molecule has 1 amide bonds. The van der Waals surface area contributed by atoms with Crippen LogP contribution < -0.4 is 16.0 Å². The second kappa shape index (κ2) is 9.89. The van der Waals surface area contributed by atoms with E-state index in [0.29, 0.717) is 47.5 Å². The van der Waals surface area contributed by atoms with Gasteiger partial charge in [-0.15, -0.1) is 0 Å². The van der Waals surface area contributed by atoms with E-state index in [2.05, 4.69) is 35.9 Å². The van der Waals surface area contributed by atoms with E-state index >= 15 is 0 Å². The molecule has 1 aromatic carbocycles. The Morgan fingerprint density at radius 1 is 1.03 bits per heavy atom. The van der Waals surface area contributed by atoms with Crippen molar-refractivity contribution < 1.29 is 22.4 Å². The van der Waals surface area contributed by atoms with Gasteiger partial charge in [0, 0.05) is 48.7 Å². The number of piperazine rings is 1. The number of carbonyl (C=O) groups excluding carboxylic acids is 1. The lowest BCUT2D eigenvalue weighted by atomic mass is 10.1. The Morgan fingerprint density at radius 3 is 2.50 bits per heavy atom. The van der Waals surface area contributed by atoms with Gasteiger partial charge in [0.1, 0.15) is 17.5 Å². The van der Waals surface area contributed by atoms with Crippen molar-refractivity contribution in [2.45, 2.75) is 32.1 Å². The Labute approximate surface area is 214 Å². The molecule has 0 spiro atoms. The quantitative estimate of drug-likeness (QED) is 0.275. The van der Waals surface area contributed by atoms with Crippen molar-refractivity contribution in [3.63, 3.8) is 0 Å². The lowest BCUT2D eigenvalue weighted by Crippen LogP contribution is -2.55. The van der Waals surface area contributed by atoms with Crippen LogP contribution in [-0.2, 0) is 6.18 Å². The number of rotatable bonds is 5. The predicted octanol–water partition coefficient (Wildman–Crippen LogP) is 4.82. The molecule has 0 bridgehead atoms. The minimum absolute atomic E-state index is 0.0263. The standard InChI is InChI=1S/C25H24F4N8O/c1-13-11-37(12-14(2)32-13)23(38)15-5-6-30-21(7-15)36-24-34-19-9-22(31-10-20(19)35-24)33-16-3-4-18(26)17(8-16)25(27,28)29/h3-10,13-14,32H,11-12H2,1-2H3,(H,31,33)(H2,30,34,35,36)/t13-,14+. The molecule has 38 heavy (non-hydrogen) atoms. The minimum Gasteiger partial charge on any atom is -0.340 e. The largest absolute Gasteiger partial charge is 0.419 e. The number of anilines is 4. The average Bonchev–Trinajstić information content (AvgIpc) is 3.25. The van der Waals surface area contributed by atoms with E-state index in [0.717, 1.165) is 6.07 Å². The number of nitrogens with zero attached hydrogens (tertiary/aromatic N) is 4. The number of hydrogen-bond acceptors (Lipinski definition) is 7. The molecule has 1 fully saturated rings. The van der Waals surface area contributed by atoms with E-state index in [1.807, 2.05) is 18.7 Å². The number of pyridine rings is 2. The molecule has 5 rings (SSSR count). The summed E-state index contributed by atoms with van der Waals surface area (Å²) >= 11 is 0. The molecule has 4 N–H and O–H groups in total. The molecular weight excluding hydrogens is 504 g/mol. The number of halogens is 4. The predicted molar refractivity (Wildman–Crippen MR) is 134 cm³/mol. The Bertz CT molecular complexity index is 1480. The van der Waals surface area contributed by atoms with Crippen molar-refractivity contribution in [1.82, 2.24) is 30.2 Å². The molecule has 4 heterocycles. The number of alkyl halides is 3. The first-order chi connectivity index (χ1) is 18.0. The third-order valence-corrected chi connectivity index (χ3v) is 6.01. The normalized spacial score (nSPS) is 18.0. The van der Waals surface area contributed by atoms with Crippen LogP contribution in [0, 0.1) is 5.82 Å². The fraction of sp³-hybridized carbons (Fsp3) is 0.280. The van der Waals surface area contributed by atoms with Gasteiger partial charge in [0.2, 0.25) is 5.95 Å². The van der Waals surface area contributed by atoms with E-state index in [4.69, 9.17) is 0 Å². The maximum atomic E-state index is 13.6. The van der Waals surface area contributed by atoms with Crippen molar-refractivity contribution in [2.75, 3.05) is 23.7 Å². The Balaban J connectivity index is 1.31. The lowest BCUT2D eigenvalue weighted by Gasteiger charge is -2.36. The number of aromatic nitrogens is 4. The third-order valence-electron chi connectivity index (χ3n) is 6.01. The number of amides is 1. The summed E-state index contributed by atoms with van der Waals surface area (Å²) in [5.74, 6) is -0.480. The SMILES string of the molecule is C[C@@H]1CN(C(=O)c2ccnc(Nc3nc4cc(Nc5ccc(F)c(C(F)(F)F)c5)ncc4[nH]3)c2)C[C@H](C)N1. The van der Waals surface area contributed by atoms with Crippen LogP contribution in [0.25, 0.3) is 11.0 Å². The van der Waals surface area contributed by atoms with Gasteiger partial charge in [0.15, 0.2) is 0 Å². The number of nitrogens with one attached hydrogen (secondary N) is 4. The van der Waals surface area contributed by atoms with Crippen LogP contribution in [0.5, 0.6) is 0 Å². The maximum Gasteiger partial charge on any atom is 0.419 e. The second-order valence-electron chi connectivity index (χ2n) is 9.22. The molecule has 2 atom stereocenters. The second-order valence-corrected chi connectivity index (χ2v) is 9.22. The highest BCUT2D eigenvalue weighted by Gasteiger charge is 2.34. The summed E-state index contributed by atoms with van der Waals surface area (Å²) in [6, 6.07) is 7.84. The first-order valence-electron chi connectivity index (χ1n) is 11.8. The number of aromatic amines is 1. The summed E-state index contributed by atoms with van der Waals surface area (Å²) in [4.78, 5) is 30.8. The fourth-order valence-corrected chi connectivity index (χ4v) is 4.43. The summed E-state index contributed by atoms with van der Waals surface area (Å²) in [7, 11) is 0. The van der Waals surface area contributed by atoms with Crippen LogP contribution in [0.4, 0.5) is 40.8 Å². The first-order valence-corrected chi connectivity index (χ1v) is 11.8. The molecule has 9 nitrogen and oxygen atoms in total. The van der Waals surface area contributed by atoms with Crippen LogP contribution in [0.1, 0.15) is 29.8 Å². The van der Waals surface area contributed by atoms with Crippen molar-refractivity contribution in [3.05, 3.63) is 65.7 Å². The molecule has 3 aromatic heterocycles. The molecule has 13 heteroatoms. The van der Waals surface area contributed by atoms with Gasteiger partial charge in [-0.3, -0.25) is 4.79 Å². The van der Waals surface area contributed by atoms with E-state index in [-0.39, 0.29) is 29.5 Å². The lowest BCUT2D eigenvalue weighted by molar-refractivity contribution is -0.139. The number of H-pyrrole nitrogens is 1. The van der Waals surface area contributed by atoms with Gasteiger partial charge >= 0.3 is 6.18 Å². The van der Waals surface area contributed by atoms with Crippen LogP contribution in [0.15, 0.2) is 48.8 Å². The van der Waals surface area contributed by atoms with E-state index < -0.39 is 17.6 Å². The molecule has 198 valence electrons. The molecule has 1 aliphatic rings. The molecule has 0 unspecified atom stereocenters. The molecule has 0 radical (unpaired) electrons. The summed E-state index contributed by atoms with van der Waals surface area (Å²) in [6.07, 6.45) is -1.82. The number of imidazole rings is 1. The molecule has 1 saturated heterocycles. The van der Waals surface area contributed by atoms with Crippen molar-refractivity contribution in [1.29, 1.82) is 0 Å². The highest BCUT2D eigenvalue weighted by atomic mass is 19.4. The third kappa shape index (κ3) is 5.52. The smallest absolute Gasteiger partial charge is 0.340 e. The Kier molecular flexibility index (Phi) is 6.61. The van der Waals surface area contributed by atoms with E-state index in [9.17, 15) is 22.4 Å². The Morgan fingerprint density at radius 2 is 1.76 bits per heavy atom. The zero-order chi connectivity index (χ0) is 27.0. The summed E-state index contributed by atoms with van der Waals surface area (Å²) in [5, 5.41) is 9.17. The number of carbonyl (C=O) groups is 1. The van der Waals surface area contributed by atoms with Gasteiger partial charge in [-0.1, -0.05) is 0 Å². The van der Waals surface area contributed by atoms with Gasteiger partial charge < -0.3 is 25.8 Å². The van der Waals surface area contributed by atoms with Crippen LogP contribution in [0.3, 0.4) is 0 Å². The summed E-state index contributed by atoms with van der Waals surface area (Å²) in [5.41, 5.74) is 0.177. The van der Waals surface area contributed by atoms with Crippen LogP contribution in [0.2, 0.25) is 0 Å². The zero-order valence-electron chi connectivity index (χ0n) is 20.4. The first kappa shape index (κ1) is 25.4.